The summed E-state index contributed by atoms with van der Waals surface area (Å²) in [4.78, 5) is 26.9. The third-order valence-electron chi connectivity index (χ3n) is 7.04. The molecule has 3 aromatic carbocycles. The number of aromatic nitrogens is 3. The number of hydrogen-bond donors (Lipinski definition) is 0. The second-order valence-electron chi connectivity index (χ2n) is 9.33. The summed E-state index contributed by atoms with van der Waals surface area (Å²) in [5, 5.41) is 1.02. The van der Waals surface area contributed by atoms with Crippen molar-refractivity contribution < 1.29 is 4.74 Å². The molecule has 2 aromatic heterocycles. The van der Waals surface area contributed by atoms with E-state index in [1.165, 1.54) is 7.05 Å². The van der Waals surface area contributed by atoms with Crippen molar-refractivity contribution in [2.75, 3.05) is 0 Å². The van der Waals surface area contributed by atoms with Crippen LogP contribution in [0.4, 0.5) is 0 Å². The fraction of sp³-hybridized carbons (Fsp3) is 0.172. The van der Waals surface area contributed by atoms with E-state index in [2.05, 4.69) is 4.57 Å². The molecule has 0 bridgehead atoms. The smallest absolute Gasteiger partial charge is 0.331 e. The van der Waals surface area contributed by atoms with Crippen LogP contribution in [-0.2, 0) is 14.1 Å². The first-order chi connectivity index (χ1) is 17.3. The van der Waals surface area contributed by atoms with Crippen molar-refractivity contribution >= 4 is 22.5 Å². The van der Waals surface area contributed by atoms with Crippen LogP contribution >= 0.6 is 11.6 Å². The van der Waals surface area contributed by atoms with Crippen LogP contribution in [0.25, 0.3) is 27.8 Å². The van der Waals surface area contributed by atoms with Crippen molar-refractivity contribution in [3.8, 4) is 22.7 Å². The molecule has 36 heavy (non-hydrogen) atoms. The third kappa shape index (κ3) is 3.11. The van der Waals surface area contributed by atoms with E-state index in [1.54, 1.807) is 17.7 Å². The van der Waals surface area contributed by atoms with Crippen LogP contribution in [0.2, 0.25) is 5.02 Å². The quantitative estimate of drug-likeness (QED) is 0.326. The van der Waals surface area contributed by atoms with Gasteiger partial charge >= 0.3 is 5.69 Å². The second kappa shape index (κ2) is 8.00. The Morgan fingerprint density at radius 2 is 1.61 bits per heavy atom. The molecule has 0 fully saturated rings. The zero-order chi connectivity index (χ0) is 25.3. The molecule has 0 spiro atoms. The van der Waals surface area contributed by atoms with E-state index >= 15 is 0 Å². The van der Waals surface area contributed by atoms with Gasteiger partial charge in [-0.15, -0.1) is 0 Å². The maximum atomic E-state index is 13.8. The highest BCUT2D eigenvalue weighted by atomic mass is 35.5. The molecule has 1 atom stereocenters. The van der Waals surface area contributed by atoms with Crippen molar-refractivity contribution in [3.05, 3.63) is 115 Å². The van der Waals surface area contributed by atoms with Gasteiger partial charge in [-0.3, -0.25) is 13.9 Å². The maximum Gasteiger partial charge on any atom is 0.331 e. The molecule has 0 aliphatic carbocycles. The molecule has 0 N–H and O–H groups in total. The zero-order valence-corrected chi connectivity index (χ0v) is 21.1. The molecule has 0 unspecified atom stereocenters. The molecular weight excluding hydrogens is 474 g/mol. The normalized spacial score (nSPS) is 14.4. The number of fused-ring (bicyclic) bond motifs is 5. The lowest BCUT2D eigenvalue weighted by atomic mass is 10.0. The Hall–Kier alpha value is -4.03. The summed E-state index contributed by atoms with van der Waals surface area (Å²) in [7, 11) is 3.22. The van der Waals surface area contributed by atoms with Gasteiger partial charge in [0.25, 0.3) is 5.56 Å². The van der Waals surface area contributed by atoms with Crippen LogP contribution in [0.1, 0.15) is 28.5 Å². The lowest BCUT2D eigenvalue weighted by Gasteiger charge is -2.30. The molecule has 0 radical (unpaired) electrons. The van der Waals surface area contributed by atoms with Crippen LogP contribution in [0.3, 0.4) is 0 Å². The number of halogens is 1. The monoisotopic (exact) mass is 497 g/mol. The molecule has 6 nitrogen and oxygen atoms in total. The Morgan fingerprint density at radius 1 is 0.889 bits per heavy atom. The lowest BCUT2D eigenvalue weighted by Crippen LogP contribution is -2.37. The van der Waals surface area contributed by atoms with Gasteiger partial charge in [0, 0.05) is 24.7 Å². The van der Waals surface area contributed by atoms with Crippen LogP contribution in [0.15, 0.2) is 76.3 Å². The first-order valence-corrected chi connectivity index (χ1v) is 12.1. The maximum absolute atomic E-state index is 13.8. The van der Waals surface area contributed by atoms with Crippen molar-refractivity contribution in [2.24, 2.45) is 14.1 Å². The number of nitrogens with zero attached hydrogens (tertiary/aromatic N) is 3. The minimum atomic E-state index is -0.544. The molecule has 0 saturated carbocycles. The average molecular weight is 498 g/mol. The Bertz CT molecular complexity index is 1810. The van der Waals surface area contributed by atoms with Gasteiger partial charge in [0.1, 0.15) is 5.75 Å². The van der Waals surface area contributed by atoms with Gasteiger partial charge in [0.2, 0.25) is 0 Å². The van der Waals surface area contributed by atoms with Crippen molar-refractivity contribution in [2.45, 2.75) is 20.0 Å². The van der Waals surface area contributed by atoms with Crippen LogP contribution in [-0.4, -0.2) is 13.7 Å². The van der Waals surface area contributed by atoms with Crippen LogP contribution < -0.4 is 16.0 Å². The van der Waals surface area contributed by atoms with Crippen molar-refractivity contribution in [3.63, 3.8) is 0 Å². The fourth-order valence-electron chi connectivity index (χ4n) is 5.20. The predicted octanol–water partition coefficient (Wildman–Crippen LogP) is 5.45. The van der Waals surface area contributed by atoms with E-state index in [0.717, 1.165) is 43.9 Å². The Labute approximate surface area is 212 Å². The summed E-state index contributed by atoms with van der Waals surface area (Å²) in [5.41, 5.74) is 5.95. The van der Waals surface area contributed by atoms with E-state index in [4.69, 9.17) is 16.3 Å². The Kier molecular flexibility index (Phi) is 4.99. The minimum Gasteiger partial charge on any atom is -0.477 e. The molecule has 6 rings (SSSR count). The zero-order valence-electron chi connectivity index (χ0n) is 20.4. The number of aryl methyl sites for hydroxylation is 3. The van der Waals surface area contributed by atoms with E-state index in [9.17, 15) is 9.59 Å². The summed E-state index contributed by atoms with van der Waals surface area (Å²) in [5.74, 6) is 0.648. The van der Waals surface area contributed by atoms with Crippen LogP contribution in [0.5, 0.6) is 5.75 Å². The Morgan fingerprint density at radius 3 is 2.33 bits per heavy atom. The van der Waals surface area contributed by atoms with Crippen molar-refractivity contribution in [1.82, 2.24) is 13.7 Å². The largest absolute Gasteiger partial charge is 0.477 e. The lowest BCUT2D eigenvalue weighted by molar-refractivity contribution is 0.229. The molecule has 0 amide bonds. The van der Waals surface area contributed by atoms with Gasteiger partial charge in [0.15, 0.2) is 6.10 Å². The van der Waals surface area contributed by atoms with Gasteiger partial charge in [-0.1, -0.05) is 65.7 Å². The minimum absolute atomic E-state index is 0.348. The standard InChI is InChI=1S/C29H24ClN3O3/c1-16-9-11-18(12-10-16)27-26-25-23(28(34)32(4)29(35)31(25)3)24(20-8-6-5-7-17(20)2)33(26)21-15-19(30)13-14-22(21)36-27/h5-15,27H,1-4H3/t27-/m0/s1. The van der Waals surface area contributed by atoms with Gasteiger partial charge in [-0.25, -0.2) is 4.79 Å². The topological polar surface area (TPSA) is 58.2 Å². The summed E-state index contributed by atoms with van der Waals surface area (Å²) in [6.45, 7) is 4.05. The molecule has 1 aliphatic rings. The highest BCUT2D eigenvalue weighted by Crippen LogP contribution is 2.47. The van der Waals surface area contributed by atoms with Crippen molar-refractivity contribution in [1.29, 1.82) is 0 Å². The average Bonchev–Trinajstić information content (AvgIpc) is 3.23. The summed E-state index contributed by atoms with van der Waals surface area (Å²) < 4.78 is 11.4. The van der Waals surface area contributed by atoms with Crippen LogP contribution in [0, 0.1) is 13.8 Å². The molecule has 7 heteroatoms. The van der Waals surface area contributed by atoms with E-state index < -0.39 is 11.8 Å². The molecule has 180 valence electrons. The first kappa shape index (κ1) is 22.4. The molecule has 1 aliphatic heterocycles. The third-order valence-corrected chi connectivity index (χ3v) is 7.28. The molecule has 3 heterocycles. The number of ether oxygens (including phenoxy) is 1. The van der Waals surface area contributed by atoms with Gasteiger partial charge in [-0.05, 0) is 43.2 Å². The summed E-state index contributed by atoms with van der Waals surface area (Å²) in [6, 6.07) is 21.5. The molecule has 5 aromatic rings. The highest BCUT2D eigenvalue weighted by molar-refractivity contribution is 6.30. The molecular formula is C29H24ClN3O3. The second-order valence-corrected chi connectivity index (χ2v) is 9.77. The fourth-order valence-corrected chi connectivity index (χ4v) is 5.36. The summed E-state index contributed by atoms with van der Waals surface area (Å²) in [6.07, 6.45) is -0.544. The van der Waals surface area contributed by atoms with E-state index in [-0.39, 0.29) is 5.56 Å². The highest BCUT2D eigenvalue weighted by Gasteiger charge is 2.36. The Balaban J connectivity index is 1.88. The van der Waals surface area contributed by atoms with E-state index in [0.29, 0.717) is 21.7 Å². The SMILES string of the molecule is Cc1ccc([C@@H]2Oc3ccc(Cl)cc3-n3c(-c4ccccc4C)c4c(=O)n(C)c(=O)n(C)c4c32)cc1. The predicted molar refractivity (Wildman–Crippen MR) is 143 cm³/mol. The number of rotatable bonds is 2. The number of benzene rings is 3. The van der Waals surface area contributed by atoms with Gasteiger partial charge in [-0.2, -0.15) is 0 Å². The van der Waals surface area contributed by atoms with E-state index in [1.807, 2.05) is 74.5 Å². The summed E-state index contributed by atoms with van der Waals surface area (Å²) >= 11 is 6.47. The number of hydrogen-bond acceptors (Lipinski definition) is 3. The van der Waals surface area contributed by atoms with Gasteiger partial charge in [0.05, 0.1) is 28.0 Å². The van der Waals surface area contributed by atoms with Gasteiger partial charge < -0.3 is 9.30 Å². The first-order valence-electron chi connectivity index (χ1n) is 11.7. The molecule has 0 saturated heterocycles.